The Morgan fingerprint density at radius 3 is 2.12 bits per heavy atom. The van der Waals surface area contributed by atoms with E-state index in [1.807, 2.05) is 0 Å². The van der Waals surface area contributed by atoms with Crippen molar-refractivity contribution in [3.63, 3.8) is 0 Å². The van der Waals surface area contributed by atoms with E-state index in [0.717, 1.165) is 24.5 Å². The van der Waals surface area contributed by atoms with Crippen LogP contribution >= 0.6 is 0 Å². The van der Waals surface area contributed by atoms with Gasteiger partial charge in [0.05, 0.1) is 5.25 Å². The van der Waals surface area contributed by atoms with Gasteiger partial charge < -0.3 is 5.32 Å². The smallest absolute Gasteiger partial charge is 0.154 e. The average molecular weight is 261 g/mol. The molecular weight excluding hydrogens is 248 g/mol. The first-order valence-electron chi connectivity index (χ1n) is 5.23. The molecule has 1 fully saturated rings. The molecule has 1 atom stereocenters. The highest BCUT2D eigenvalue weighted by atomic mass is 32.2. The van der Waals surface area contributed by atoms with Crippen LogP contribution in [0.2, 0.25) is 0 Å². The SMILES string of the molecule is CS(=O)(=O)C(c1cc(F)cc(F)c1)C1CNC1. The molecule has 0 bridgehead atoms. The molecule has 6 heteroatoms. The van der Waals surface area contributed by atoms with Gasteiger partial charge in [-0.1, -0.05) is 0 Å². The van der Waals surface area contributed by atoms with Crippen LogP contribution in [0.15, 0.2) is 18.2 Å². The number of nitrogens with one attached hydrogen (secondary N) is 1. The highest BCUT2D eigenvalue weighted by molar-refractivity contribution is 7.90. The van der Waals surface area contributed by atoms with Crippen molar-refractivity contribution >= 4 is 9.84 Å². The lowest BCUT2D eigenvalue weighted by atomic mass is 9.93. The van der Waals surface area contributed by atoms with Crippen molar-refractivity contribution < 1.29 is 17.2 Å². The molecule has 0 spiro atoms. The number of rotatable bonds is 3. The molecule has 1 aromatic carbocycles. The van der Waals surface area contributed by atoms with Gasteiger partial charge in [-0.2, -0.15) is 0 Å². The zero-order valence-electron chi connectivity index (χ0n) is 9.28. The molecule has 0 aromatic heterocycles. The molecular formula is C11H13F2NO2S. The standard InChI is InChI=1S/C11H13F2NO2S/c1-17(15,16)11(8-5-14-6-8)7-2-9(12)4-10(13)3-7/h2-4,8,11,14H,5-6H2,1H3. The molecule has 0 radical (unpaired) electrons. The Morgan fingerprint density at radius 1 is 1.24 bits per heavy atom. The number of hydrogen-bond acceptors (Lipinski definition) is 3. The normalized spacial score (nSPS) is 18.8. The first kappa shape index (κ1) is 12.4. The van der Waals surface area contributed by atoms with Gasteiger partial charge in [0.1, 0.15) is 11.6 Å². The minimum absolute atomic E-state index is 0.119. The molecule has 1 heterocycles. The maximum absolute atomic E-state index is 13.1. The summed E-state index contributed by atoms with van der Waals surface area (Å²) in [6.07, 6.45) is 1.10. The van der Waals surface area contributed by atoms with Crippen LogP contribution in [0.4, 0.5) is 8.78 Å². The third kappa shape index (κ3) is 2.63. The second kappa shape index (κ2) is 4.34. The lowest BCUT2D eigenvalue weighted by molar-refractivity contribution is 0.331. The van der Waals surface area contributed by atoms with Crippen LogP contribution < -0.4 is 5.32 Å². The van der Waals surface area contributed by atoms with E-state index >= 15 is 0 Å². The molecule has 0 aliphatic carbocycles. The number of sulfone groups is 1. The van der Waals surface area contributed by atoms with Gasteiger partial charge in [-0.05, 0) is 17.7 Å². The molecule has 1 aliphatic heterocycles. The van der Waals surface area contributed by atoms with E-state index in [4.69, 9.17) is 0 Å². The maximum atomic E-state index is 13.1. The van der Waals surface area contributed by atoms with Crippen molar-refractivity contribution in [2.75, 3.05) is 19.3 Å². The maximum Gasteiger partial charge on any atom is 0.154 e. The van der Waals surface area contributed by atoms with Gasteiger partial charge >= 0.3 is 0 Å². The Labute approximate surface area is 98.8 Å². The molecule has 0 saturated carbocycles. The van der Waals surface area contributed by atoms with E-state index in [2.05, 4.69) is 5.32 Å². The molecule has 3 nitrogen and oxygen atoms in total. The van der Waals surface area contributed by atoms with Gasteiger partial charge in [0.15, 0.2) is 9.84 Å². The summed E-state index contributed by atoms with van der Waals surface area (Å²) in [5, 5.41) is 2.12. The van der Waals surface area contributed by atoms with Crippen molar-refractivity contribution in [2.45, 2.75) is 5.25 Å². The molecule has 1 unspecified atom stereocenters. The minimum atomic E-state index is -3.38. The molecule has 2 rings (SSSR count). The zero-order valence-corrected chi connectivity index (χ0v) is 10.1. The van der Waals surface area contributed by atoms with Crippen molar-refractivity contribution in [2.24, 2.45) is 5.92 Å². The van der Waals surface area contributed by atoms with Crippen LogP contribution in [0, 0.1) is 17.6 Å². The second-order valence-electron chi connectivity index (χ2n) is 4.37. The Bertz CT molecular complexity index is 506. The van der Waals surface area contributed by atoms with E-state index < -0.39 is 26.7 Å². The molecule has 94 valence electrons. The van der Waals surface area contributed by atoms with Crippen molar-refractivity contribution in [3.05, 3.63) is 35.4 Å². The zero-order chi connectivity index (χ0) is 12.6. The summed E-state index contributed by atoms with van der Waals surface area (Å²) in [7, 11) is -3.38. The van der Waals surface area contributed by atoms with Crippen LogP contribution in [0.5, 0.6) is 0 Å². The monoisotopic (exact) mass is 261 g/mol. The summed E-state index contributed by atoms with van der Waals surface area (Å²) in [5.41, 5.74) is 0.191. The third-order valence-corrected chi connectivity index (χ3v) is 4.50. The molecule has 0 amide bonds. The Balaban J connectivity index is 2.45. The highest BCUT2D eigenvalue weighted by Gasteiger charge is 2.35. The van der Waals surface area contributed by atoms with Gasteiger partial charge in [-0.25, -0.2) is 17.2 Å². The molecule has 1 aliphatic rings. The third-order valence-electron chi connectivity index (χ3n) is 2.92. The minimum Gasteiger partial charge on any atom is -0.316 e. The Hall–Kier alpha value is -1.01. The lowest BCUT2D eigenvalue weighted by Gasteiger charge is -2.33. The number of halogens is 2. The molecule has 1 saturated heterocycles. The summed E-state index contributed by atoms with van der Waals surface area (Å²) < 4.78 is 49.7. The van der Waals surface area contributed by atoms with Crippen molar-refractivity contribution in [1.82, 2.24) is 5.32 Å². The first-order chi connectivity index (χ1) is 7.88. The molecule has 1 aromatic rings. The van der Waals surface area contributed by atoms with E-state index in [1.54, 1.807) is 0 Å². The fraction of sp³-hybridized carbons (Fsp3) is 0.455. The number of hydrogen-bond donors (Lipinski definition) is 1. The summed E-state index contributed by atoms with van der Waals surface area (Å²) in [6, 6.07) is 2.92. The number of benzene rings is 1. The Kier molecular flexibility index (Phi) is 3.18. The fourth-order valence-electron chi connectivity index (χ4n) is 2.13. The van der Waals surface area contributed by atoms with Crippen LogP contribution in [-0.4, -0.2) is 27.8 Å². The summed E-state index contributed by atoms with van der Waals surface area (Å²) in [5.74, 6) is -1.62. The highest BCUT2D eigenvalue weighted by Crippen LogP contribution is 2.33. The van der Waals surface area contributed by atoms with Crippen LogP contribution in [0.3, 0.4) is 0 Å². The predicted octanol–water partition coefficient (Wildman–Crippen LogP) is 1.27. The summed E-state index contributed by atoms with van der Waals surface area (Å²) in [4.78, 5) is 0. The van der Waals surface area contributed by atoms with Crippen molar-refractivity contribution in [1.29, 1.82) is 0 Å². The van der Waals surface area contributed by atoms with Gasteiger partial charge in [-0.15, -0.1) is 0 Å². The van der Waals surface area contributed by atoms with Gasteiger partial charge in [0, 0.05) is 31.3 Å². The first-order valence-corrected chi connectivity index (χ1v) is 7.19. The Morgan fingerprint density at radius 2 is 1.76 bits per heavy atom. The van der Waals surface area contributed by atoms with Crippen molar-refractivity contribution in [3.8, 4) is 0 Å². The fourth-order valence-corrected chi connectivity index (χ4v) is 3.66. The summed E-state index contributed by atoms with van der Waals surface area (Å²) >= 11 is 0. The van der Waals surface area contributed by atoms with Gasteiger partial charge in [-0.3, -0.25) is 0 Å². The quantitative estimate of drug-likeness (QED) is 0.891. The largest absolute Gasteiger partial charge is 0.316 e. The van der Waals surface area contributed by atoms with E-state index in [1.165, 1.54) is 0 Å². The lowest BCUT2D eigenvalue weighted by Crippen LogP contribution is -2.47. The van der Waals surface area contributed by atoms with E-state index in [-0.39, 0.29) is 11.5 Å². The average Bonchev–Trinajstić information content (AvgIpc) is 2.06. The topological polar surface area (TPSA) is 46.2 Å². The van der Waals surface area contributed by atoms with Crippen LogP contribution in [0.1, 0.15) is 10.8 Å². The van der Waals surface area contributed by atoms with Crippen LogP contribution in [-0.2, 0) is 9.84 Å². The van der Waals surface area contributed by atoms with E-state index in [0.29, 0.717) is 13.1 Å². The van der Waals surface area contributed by atoms with Gasteiger partial charge in [0.25, 0.3) is 0 Å². The molecule has 17 heavy (non-hydrogen) atoms. The molecule has 1 N–H and O–H groups in total. The van der Waals surface area contributed by atoms with Gasteiger partial charge in [0.2, 0.25) is 0 Å². The summed E-state index contributed by atoms with van der Waals surface area (Å²) in [6.45, 7) is 1.10. The van der Waals surface area contributed by atoms with E-state index in [9.17, 15) is 17.2 Å². The second-order valence-corrected chi connectivity index (χ2v) is 6.54. The van der Waals surface area contributed by atoms with Crippen LogP contribution in [0.25, 0.3) is 0 Å². The predicted molar refractivity (Wildman–Crippen MR) is 60.3 cm³/mol.